The number of amides is 1. The van der Waals surface area contributed by atoms with Crippen molar-refractivity contribution >= 4 is 11.9 Å². The molecule has 1 amide bonds. The maximum Gasteiger partial charge on any atom is 0.326 e. The van der Waals surface area contributed by atoms with Crippen LogP contribution < -0.4 is 0 Å². The summed E-state index contributed by atoms with van der Waals surface area (Å²) in [6.45, 7) is 4.33. The van der Waals surface area contributed by atoms with E-state index in [2.05, 4.69) is 5.16 Å². The van der Waals surface area contributed by atoms with E-state index in [9.17, 15) is 9.59 Å². The number of rotatable bonds is 3. The zero-order chi connectivity index (χ0) is 13.3. The van der Waals surface area contributed by atoms with Crippen LogP contribution in [-0.4, -0.2) is 39.6 Å². The van der Waals surface area contributed by atoms with Crippen molar-refractivity contribution in [1.29, 1.82) is 0 Å². The first-order valence-corrected chi connectivity index (χ1v) is 6.01. The monoisotopic (exact) mass is 252 g/mol. The average molecular weight is 252 g/mol. The van der Waals surface area contributed by atoms with Crippen molar-refractivity contribution in [2.24, 2.45) is 0 Å². The summed E-state index contributed by atoms with van der Waals surface area (Å²) >= 11 is 0. The molecule has 0 bridgehead atoms. The number of nitrogens with zero attached hydrogens (tertiary/aromatic N) is 2. The van der Waals surface area contributed by atoms with E-state index in [-0.39, 0.29) is 17.5 Å². The lowest BCUT2D eigenvalue weighted by molar-refractivity contribution is -0.141. The van der Waals surface area contributed by atoms with Crippen LogP contribution >= 0.6 is 0 Å². The standard InChI is InChI=1S/C12H16N2O4/c1-7(2)10-6-8(13-18-10)11(15)14-5-3-4-9(14)12(16)17/h6-7,9H,3-5H2,1-2H3,(H,16,17). The Morgan fingerprint density at radius 1 is 1.56 bits per heavy atom. The van der Waals surface area contributed by atoms with Crippen molar-refractivity contribution in [2.45, 2.75) is 38.6 Å². The Morgan fingerprint density at radius 2 is 2.28 bits per heavy atom. The van der Waals surface area contributed by atoms with Crippen LogP contribution in [0, 0.1) is 0 Å². The van der Waals surface area contributed by atoms with E-state index in [0.717, 1.165) is 0 Å². The third kappa shape index (κ3) is 2.23. The van der Waals surface area contributed by atoms with Crippen LogP contribution in [0.25, 0.3) is 0 Å². The lowest BCUT2D eigenvalue weighted by Crippen LogP contribution is -2.40. The molecule has 1 atom stereocenters. The predicted molar refractivity (Wildman–Crippen MR) is 62.3 cm³/mol. The summed E-state index contributed by atoms with van der Waals surface area (Å²) in [6.07, 6.45) is 1.20. The minimum atomic E-state index is -0.964. The van der Waals surface area contributed by atoms with Gasteiger partial charge in [0.25, 0.3) is 5.91 Å². The van der Waals surface area contributed by atoms with E-state index in [1.807, 2.05) is 13.8 Å². The number of carboxylic acids is 1. The van der Waals surface area contributed by atoms with Gasteiger partial charge in [0, 0.05) is 18.5 Å². The molecule has 0 radical (unpaired) electrons. The fourth-order valence-electron chi connectivity index (χ4n) is 2.08. The van der Waals surface area contributed by atoms with Crippen LogP contribution in [0.4, 0.5) is 0 Å². The zero-order valence-corrected chi connectivity index (χ0v) is 10.4. The molecule has 1 fully saturated rings. The van der Waals surface area contributed by atoms with Crippen molar-refractivity contribution in [1.82, 2.24) is 10.1 Å². The largest absolute Gasteiger partial charge is 0.480 e. The van der Waals surface area contributed by atoms with Gasteiger partial charge in [0.1, 0.15) is 11.8 Å². The van der Waals surface area contributed by atoms with Gasteiger partial charge in [0.2, 0.25) is 0 Å². The number of carbonyl (C=O) groups excluding carboxylic acids is 1. The van der Waals surface area contributed by atoms with Crippen molar-refractivity contribution in [3.05, 3.63) is 17.5 Å². The summed E-state index contributed by atoms with van der Waals surface area (Å²) in [5.74, 6) is -0.554. The molecule has 6 nitrogen and oxygen atoms in total. The van der Waals surface area contributed by atoms with Crippen LogP contribution in [0.2, 0.25) is 0 Å². The lowest BCUT2D eigenvalue weighted by atomic mass is 10.1. The van der Waals surface area contributed by atoms with Gasteiger partial charge in [-0.2, -0.15) is 0 Å². The third-order valence-electron chi connectivity index (χ3n) is 3.12. The maximum atomic E-state index is 12.1. The molecule has 2 heterocycles. The molecule has 0 saturated carbocycles. The Kier molecular flexibility index (Phi) is 3.36. The molecule has 1 aromatic heterocycles. The van der Waals surface area contributed by atoms with Crippen LogP contribution in [0.1, 0.15) is 48.9 Å². The number of aliphatic carboxylic acids is 1. The van der Waals surface area contributed by atoms with Gasteiger partial charge in [0.05, 0.1) is 0 Å². The molecule has 1 N–H and O–H groups in total. The molecule has 0 aromatic carbocycles. The SMILES string of the molecule is CC(C)c1cc(C(=O)N2CCCC2C(=O)O)no1. The summed E-state index contributed by atoms with van der Waals surface area (Å²) < 4.78 is 5.06. The molecular weight excluding hydrogens is 236 g/mol. The van der Waals surface area contributed by atoms with E-state index in [0.29, 0.717) is 25.1 Å². The Morgan fingerprint density at radius 3 is 2.83 bits per heavy atom. The smallest absolute Gasteiger partial charge is 0.326 e. The molecule has 18 heavy (non-hydrogen) atoms. The van der Waals surface area contributed by atoms with Crippen LogP contribution in [-0.2, 0) is 4.79 Å². The zero-order valence-electron chi connectivity index (χ0n) is 10.4. The van der Waals surface area contributed by atoms with Crippen molar-refractivity contribution < 1.29 is 19.2 Å². The third-order valence-corrected chi connectivity index (χ3v) is 3.12. The summed E-state index contributed by atoms with van der Waals surface area (Å²) in [5.41, 5.74) is 0.187. The van der Waals surface area contributed by atoms with E-state index >= 15 is 0 Å². The minimum absolute atomic E-state index is 0.146. The van der Waals surface area contributed by atoms with E-state index in [1.165, 1.54) is 4.90 Å². The highest BCUT2D eigenvalue weighted by atomic mass is 16.5. The van der Waals surface area contributed by atoms with Gasteiger partial charge >= 0.3 is 5.97 Å². The second kappa shape index (κ2) is 4.80. The Balaban J connectivity index is 2.17. The van der Waals surface area contributed by atoms with Gasteiger partial charge in [-0.1, -0.05) is 19.0 Å². The molecular formula is C12H16N2O4. The summed E-state index contributed by atoms with van der Waals surface area (Å²) in [4.78, 5) is 24.5. The second-order valence-corrected chi connectivity index (χ2v) is 4.76. The fraction of sp³-hybridized carbons (Fsp3) is 0.583. The molecule has 1 aliphatic heterocycles. The van der Waals surface area contributed by atoms with E-state index in [1.54, 1.807) is 6.07 Å². The highest BCUT2D eigenvalue weighted by Gasteiger charge is 2.35. The van der Waals surface area contributed by atoms with Crippen molar-refractivity contribution in [3.8, 4) is 0 Å². The van der Waals surface area contributed by atoms with Crippen molar-refractivity contribution in [3.63, 3.8) is 0 Å². The van der Waals surface area contributed by atoms with Gasteiger partial charge in [-0.3, -0.25) is 4.79 Å². The summed E-state index contributed by atoms with van der Waals surface area (Å²) in [5, 5.41) is 12.8. The number of aromatic nitrogens is 1. The molecule has 98 valence electrons. The molecule has 1 aromatic rings. The first kappa shape index (κ1) is 12.6. The summed E-state index contributed by atoms with van der Waals surface area (Å²) in [7, 11) is 0. The summed E-state index contributed by atoms with van der Waals surface area (Å²) in [6, 6.07) is 0.848. The van der Waals surface area contributed by atoms with Gasteiger partial charge in [-0.15, -0.1) is 0 Å². The number of likely N-dealkylation sites (tertiary alicyclic amines) is 1. The molecule has 1 saturated heterocycles. The van der Waals surface area contributed by atoms with Crippen LogP contribution in [0.15, 0.2) is 10.6 Å². The van der Waals surface area contributed by atoms with Gasteiger partial charge < -0.3 is 14.5 Å². The highest BCUT2D eigenvalue weighted by molar-refractivity contribution is 5.95. The number of carboxylic acid groups (broad SMARTS) is 1. The van der Waals surface area contributed by atoms with E-state index < -0.39 is 12.0 Å². The Labute approximate surface area is 105 Å². The first-order chi connectivity index (χ1) is 8.50. The molecule has 1 unspecified atom stereocenters. The van der Waals surface area contributed by atoms with Crippen molar-refractivity contribution in [2.75, 3.05) is 6.54 Å². The van der Waals surface area contributed by atoms with Gasteiger partial charge in [0.15, 0.2) is 5.69 Å². The van der Waals surface area contributed by atoms with Gasteiger partial charge in [-0.25, -0.2) is 4.79 Å². The van der Waals surface area contributed by atoms with Crippen LogP contribution in [0.3, 0.4) is 0 Å². The molecule has 0 aliphatic carbocycles. The Bertz CT molecular complexity index is 466. The average Bonchev–Trinajstić information content (AvgIpc) is 2.97. The topological polar surface area (TPSA) is 83.6 Å². The minimum Gasteiger partial charge on any atom is -0.480 e. The van der Waals surface area contributed by atoms with Gasteiger partial charge in [-0.05, 0) is 12.8 Å². The lowest BCUT2D eigenvalue weighted by Gasteiger charge is -2.19. The molecule has 2 rings (SSSR count). The molecule has 0 spiro atoms. The fourth-order valence-corrected chi connectivity index (χ4v) is 2.08. The normalized spacial score (nSPS) is 19.5. The predicted octanol–water partition coefficient (Wildman–Crippen LogP) is 1.49. The quantitative estimate of drug-likeness (QED) is 0.881. The number of hydrogen-bond acceptors (Lipinski definition) is 4. The van der Waals surface area contributed by atoms with E-state index in [4.69, 9.17) is 9.63 Å². The first-order valence-electron chi connectivity index (χ1n) is 6.01. The highest BCUT2D eigenvalue weighted by Crippen LogP contribution is 2.22. The molecule has 1 aliphatic rings. The molecule has 6 heteroatoms. The maximum absolute atomic E-state index is 12.1. The van der Waals surface area contributed by atoms with Crippen LogP contribution in [0.5, 0.6) is 0 Å². The second-order valence-electron chi connectivity index (χ2n) is 4.76. The Hall–Kier alpha value is -1.85. The number of hydrogen-bond donors (Lipinski definition) is 1. The number of carbonyl (C=O) groups is 2.